The number of methoxy groups -OCH3 is 1. The molecule has 2 aromatic carbocycles. The molecule has 0 amide bonds. The summed E-state index contributed by atoms with van der Waals surface area (Å²) in [6.07, 6.45) is 0. The maximum atomic E-state index is 5.71. The molecule has 1 heterocycles. The maximum Gasteiger partial charge on any atom is 0.162 e. The van der Waals surface area contributed by atoms with E-state index < -0.39 is 0 Å². The number of fused-ring (bicyclic) bond motifs is 1. The normalized spacial score (nSPS) is 13.3. The van der Waals surface area contributed by atoms with Crippen LogP contribution in [0.5, 0.6) is 11.5 Å². The molecular weight excluding hydrogens is 370 g/mol. The van der Waals surface area contributed by atoms with Gasteiger partial charge in [0.25, 0.3) is 0 Å². The lowest BCUT2D eigenvalue weighted by atomic mass is 10.1. The Balaban J connectivity index is 1.76. The highest BCUT2D eigenvalue weighted by atomic mass is 79.9. The smallest absolute Gasteiger partial charge is 0.162 e. The second-order valence-electron chi connectivity index (χ2n) is 5.78. The third kappa shape index (κ3) is 4.50. The van der Waals surface area contributed by atoms with E-state index in [2.05, 4.69) is 51.2 Å². The molecule has 24 heavy (non-hydrogen) atoms. The Kier molecular flexibility index (Phi) is 6.12. The van der Waals surface area contributed by atoms with Crippen LogP contribution >= 0.6 is 15.9 Å². The monoisotopic (exact) mass is 391 g/mol. The van der Waals surface area contributed by atoms with Gasteiger partial charge in [-0.2, -0.15) is 0 Å². The standard InChI is InChI=1S/C19H22BrNO3/c1-22-8-7-21(13-15-5-3-2-4-6-15)14-16-11-18-19(12-17(16)20)24-10-9-23-18/h2-6,11-12H,7-10,13-14H2,1H3. The average Bonchev–Trinajstić information content (AvgIpc) is 2.61. The first-order valence-electron chi connectivity index (χ1n) is 8.09. The fourth-order valence-electron chi connectivity index (χ4n) is 2.74. The van der Waals surface area contributed by atoms with Crippen LogP contribution in [0, 0.1) is 0 Å². The first-order chi connectivity index (χ1) is 11.8. The van der Waals surface area contributed by atoms with Gasteiger partial charge in [0.15, 0.2) is 11.5 Å². The molecule has 0 fully saturated rings. The molecule has 0 radical (unpaired) electrons. The van der Waals surface area contributed by atoms with Crippen molar-refractivity contribution in [2.75, 3.05) is 33.5 Å². The van der Waals surface area contributed by atoms with Gasteiger partial charge >= 0.3 is 0 Å². The van der Waals surface area contributed by atoms with E-state index >= 15 is 0 Å². The second-order valence-corrected chi connectivity index (χ2v) is 6.63. The molecule has 5 heteroatoms. The summed E-state index contributed by atoms with van der Waals surface area (Å²) in [7, 11) is 1.74. The van der Waals surface area contributed by atoms with Crippen LogP contribution in [-0.4, -0.2) is 38.4 Å². The number of hydrogen-bond acceptors (Lipinski definition) is 4. The van der Waals surface area contributed by atoms with Gasteiger partial charge in [-0.25, -0.2) is 0 Å². The SMILES string of the molecule is COCCN(Cc1ccccc1)Cc1cc2c(cc1Br)OCCO2. The highest BCUT2D eigenvalue weighted by Gasteiger charge is 2.17. The average molecular weight is 392 g/mol. The fraction of sp³-hybridized carbons (Fsp3) is 0.368. The van der Waals surface area contributed by atoms with E-state index in [1.807, 2.05) is 12.1 Å². The molecule has 0 saturated carbocycles. The summed E-state index contributed by atoms with van der Waals surface area (Å²) in [5.74, 6) is 1.63. The first kappa shape index (κ1) is 17.3. The van der Waals surface area contributed by atoms with Crippen LogP contribution in [0.4, 0.5) is 0 Å². The zero-order chi connectivity index (χ0) is 16.8. The van der Waals surface area contributed by atoms with Crippen LogP contribution < -0.4 is 9.47 Å². The minimum atomic E-state index is 0.603. The molecule has 0 spiro atoms. The van der Waals surface area contributed by atoms with Gasteiger partial charge in [0.05, 0.1) is 6.61 Å². The molecule has 0 saturated heterocycles. The zero-order valence-electron chi connectivity index (χ0n) is 13.8. The summed E-state index contributed by atoms with van der Waals surface area (Å²) >= 11 is 3.66. The van der Waals surface area contributed by atoms with Crippen LogP contribution in [0.2, 0.25) is 0 Å². The predicted octanol–water partition coefficient (Wildman–Crippen LogP) is 3.87. The van der Waals surface area contributed by atoms with Gasteiger partial charge in [0, 0.05) is 31.2 Å². The van der Waals surface area contributed by atoms with Gasteiger partial charge in [-0.15, -0.1) is 0 Å². The lowest BCUT2D eigenvalue weighted by molar-refractivity contribution is 0.139. The molecule has 0 aliphatic carbocycles. The number of nitrogens with zero attached hydrogens (tertiary/aromatic N) is 1. The van der Waals surface area contributed by atoms with Crippen LogP contribution in [0.25, 0.3) is 0 Å². The minimum Gasteiger partial charge on any atom is -0.486 e. The topological polar surface area (TPSA) is 30.9 Å². The molecular formula is C19H22BrNO3. The summed E-state index contributed by atoms with van der Waals surface area (Å²) in [6.45, 7) is 4.47. The van der Waals surface area contributed by atoms with Crippen LogP contribution in [0.1, 0.15) is 11.1 Å². The Bertz CT molecular complexity index is 663. The molecule has 1 aliphatic rings. The molecule has 2 aromatic rings. The Labute approximate surface area is 151 Å². The van der Waals surface area contributed by atoms with Gasteiger partial charge in [0.2, 0.25) is 0 Å². The fourth-order valence-corrected chi connectivity index (χ4v) is 3.19. The van der Waals surface area contributed by atoms with Crippen molar-refractivity contribution in [3.63, 3.8) is 0 Å². The summed E-state index contributed by atoms with van der Waals surface area (Å²) in [5.41, 5.74) is 2.48. The molecule has 1 aliphatic heterocycles. The Morgan fingerprint density at radius 1 is 1.04 bits per heavy atom. The molecule has 0 unspecified atom stereocenters. The predicted molar refractivity (Wildman–Crippen MR) is 97.6 cm³/mol. The lowest BCUT2D eigenvalue weighted by Gasteiger charge is -2.25. The van der Waals surface area contributed by atoms with Crippen molar-refractivity contribution < 1.29 is 14.2 Å². The van der Waals surface area contributed by atoms with Gasteiger partial charge in [-0.3, -0.25) is 4.90 Å². The quantitative estimate of drug-likeness (QED) is 0.716. The Hall–Kier alpha value is -1.56. The largest absolute Gasteiger partial charge is 0.486 e. The van der Waals surface area contributed by atoms with Gasteiger partial charge in [-0.05, 0) is 23.3 Å². The third-order valence-corrected chi connectivity index (χ3v) is 4.70. The second kappa shape index (κ2) is 8.51. The highest BCUT2D eigenvalue weighted by Crippen LogP contribution is 2.36. The zero-order valence-corrected chi connectivity index (χ0v) is 15.4. The van der Waals surface area contributed by atoms with Gasteiger partial charge < -0.3 is 14.2 Å². The van der Waals surface area contributed by atoms with E-state index in [-0.39, 0.29) is 0 Å². The number of ether oxygens (including phenoxy) is 3. The van der Waals surface area contributed by atoms with Crippen molar-refractivity contribution in [2.24, 2.45) is 0 Å². The van der Waals surface area contributed by atoms with E-state index in [0.29, 0.717) is 19.8 Å². The molecule has 0 bridgehead atoms. The van der Waals surface area contributed by atoms with E-state index in [1.54, 1.807) is 7.11 Å². The number of hydrogen-bond donors (Lipinski definition) is 0. The Morgan fingerprint density at radius 2 is 1.75 bits per heavy atom. The Morgan fingerprint density at radius 3 is 2.46 bits per heavy atom. The van der Waals surface area contributed by atoms with E-state index in [4.69, 9.17) is 14.2 Å². The van der Waals surface area contributed by atoms with Crippen molar-refractivity contribution in [1.29, 1.82) is 0 Å². The maximum absolute atomic E-state index is 5.71. The highest BCUT2D eigenvalue weighted by molar-refractivity contribution is 9.10. The molecule has 128 valence electrons. The van der Waals surface area contributed by atoms with Crippen LogP contribution in [0.3, 0.4) is 0 Å². The number of rotatable bonds is 7. The van der Waals surface area contributed by atoms with Crippen molar-refractivity contribution in [3.05, 3.63) is 58.1 Å². The van der Waals surface area contributed by atoms with Gasteiger partial charge in [0.1, 0.15) is 13.2 Å². The third-order valence-electron chi connectivity index (χ3n) is 3.97. The van der Waals surface area contributed by atoms with Crippen LogP contribution in [0.15, 0.2) is 46.9 Å². The molecule has 0 atom stereocenters. The molecule has 0 N–H and O–H groups in total. The van der Waals surface area contributed by atoms with Gasteiger partial charge in [-0.1, -0.05) is 46.3 Å². The first-order valence-corrected chi connectivity index (χ1v) is 8.89. The molecule has 0 aromatic heterocycles. The van der Waals surface area contributed by atoms with Crippen molar-refractivity contribution >= 4 is 15.9 Å². The summed E-state index contributed by atoms with van der Waals surface area (Å²) in [6, 6.07) is 14.6. The summed E-state index contributed by atoms with van der Waals surface area (Å²) in [5, 5.41) is 0. The molecule has 4 nitrogen and oxygen atoms in total. The minimum absolute atomic E-state index is 0.603. The lowest BCUT2D eigenvalue weighted by Crippen LogP contribution is -2.27. The number of halogens is 1. The van der Waals surface area contributed by atoms with Crippen LogP contribution in [-0.2, 0) is 17.8 Å². The number of benzene rings is 2. The van der Waals surface area contributed by atoms with Crippen molar-refractivity contribution in [3.8, 4) is 11.5 Å². The van der Waals surface area contributed by atoms with E-state index in [9.17, 15) is 0 Å². The summed E-state index contributed by atoms with van der Waals surface area (Å²) in [4.78, 5) is 2.37. The van der Waals surface area contributed by atoms with Crippen molar-refractivity contribution in [2.45, 2.75) is 13.1 Å². The summed E-state index contributed by atoms with van der Waals surface area (Å²) < 4.78 is 17.7. The van der Waals surface area contributed by atoms with Crippen molar-refractivity contribution in [1.82, 2.24) is 4.90 Å². The molecule has 3 rings (SSSR count). The van der Waals surface area contributed by atoms with E-state index in [1.165, 1.54) is 11.1 Å². The van der Waals surface area contributed by atoms with E-state index in [0.717, 1.165) is 35.6 Å².